The Morgan fingerprint density at radius 3 is 2.52 bits per heavy atom. The highest BCUT2D eigenvalue weighted by molar-refractivity contribution is 5.48. The molecule has 0 bridgehead atoms. The first-order valence-electron chi connectivity index (χ1n) is 7.31. The molecule has 1 aromatic heterocycles. The quantitative estimate of drug-likeness (QED) is 0.599. The summed E-state index contributed by atoms with van der Waals surface area (Å²) in [6.45, 7) is 8.11. The lowest BCUT2D eigenvalue weighted by atomic mass is 10.1. The van der Waals surface area contributed by atoms with Crippen molar-refractivity contribution in [1.29, 1.82) is 0 Å². The summed E-state index contributed by atoms with van der Waals surface area (Å²) < 4.78 is 12.7. The molecule has 1 aromatic rings. The fraction of sp³-hybridized carbons (Fsp3) is 0.625. The van der Waals surface area contributed by atoms with E-state index in [0.29, 0.717) is 6.42 Å². The van der Waals surface area contributed by atoms with Gasteiger partial charge in [0.25, 0.3) is 0 Å². The largest absolute Gasteiger partial charge is 0.320 e. The van der Waals surface area contributed by atoms with Gasteiger partial charge in [0, 0.05) is 18.2 Å². The predicted molar refractivity (Wildman–Crippen MR) is 84.9 cm³/mol. The van der Waals surface area contributed by atoms with Crippen LogP contribution in [-0.2, 0) is 11.2 Å². The Bertz CT molecular complexity index is 391. The maximum atomic E-state index is 12.7. The summed E-state index contributed by atoms with van der Waals surface area (Å²) in [5.74, 6) is -0.266. The van der Waals surface area contributed by atoms with Gasteiger partial charge in [0.05, 0.1) is 6.20 Å². The number of carbonyl (C=O) groups excluding carboxylic acids is 1. The van der Waals surface area contributed by atoms with Gasteiger partial charge in [-0.1, -0.05) is 0 Å². The van der Waals surface area contributed by atoms with E-state index in [1.165, 1.54) is 12.3 Å². The zero-order chi connectivity index (χ0) is 16.1. The summed E-state index contributed by atoms with van der Waals surface area (Å²) in [5, 5.41) is 6.28. The Kier molecular flexibility index (Phi) is 10.6. The lowest BCUT2D eigenvalue weighted by Gasteiger charge is -2.20. The summed E-state index contributed by atoms with van der Waals surface area (Å²) in [6, 6.07) is 1.53. The monoisotopic (exact) mass is 297 g/mol. The molecule has 0 aliphatic heterocycles. The average Bonchev–Trinajstić information content (AvgIpc) is 2.39. The molecule has 1 heterocycles. The lowest BCUT2D eigenvalue weighted by Crippen LogP contribution is -2.37. The van der Waals surface area contributed by atoms with Crippen LogP contribution in [0.25, 0.3) is 0 Å². The maximum absolute atomic E-state index is 12.7. The highest BCUT2D eigenvalue weighted by atomic mass is 19.1. The van der Waals surface area contributed by atoms with Crippen LogP contribution >= 0.6 is 0 Å². The number of nitrogens with one attached hydrogen (secondary N) is 2. The molecule has 0 saturated carbocycles. The van der Waals surface area contributed by atoms with E-state index in [4.69, 9.17) is 0 Å². The van der Waals surface area contributed by atoms with Crippen LogP contribution in [0.3, 0.4) is 0 Å². The maximum Gasteiger partial charge on any atom is 0.141 e. The van der Waals surface area contributed by atoms with Crippen molar-refractivity contribution in [2.75, 3.05) is 20.1 Å². The van der Waals surface area contributed by atoms with Gasteiger partial charge in [-0.05, 0) is 65.4 Å². The van der Waals surface area contributed by atoms with Crippen molar-refractivity contribution in [2.24, 2.45) is 0 Å². The van der Waals surface area contributed by atoms with Gasteiger partial charge in [-0.3, -0.25) is 4.98 Å². The predicted octanol–water partition coefficient (Wildman–Crippen LogP) is 2.34. The van der Waals surface area contributed by atoms with Crippen molar-refractivity contribution in [2.45, 2.75) is 45.6 Å². The van der Waals surface area contributed by atoms with Gasteiger partial charge in [-0.15, -0.1) is 0 Å². The third-order valence-electron chi connectivity index (χ3n) is 2.58. The standard InChI is InChI=1S/C11H17FN2.C5H11NO/c1-11(2,3)14-5-4-9-6-10(12)8-13-7-9;1-6-4-2-3-5-7/h6-8,14H,4-5H2,1-3H3;5-6H,2-4H2,1H3. The van der Waals surface area contributed by atoms with Crippen LogP contribution in [0.4, 0.5) is 4.39 Å². The molecule has 1 rings (SSSR count). The molecule has 0 unspecified atom stereocenters. The van der Waals surface area contributed by atoms with Crippen LogP contribution in [-0.4, -0.2) is 36.9 Å². The van der Waals surface area contributed by atoms with E-state index >= 15 is 0 Å². The molecular weight excluding hydrogens is 269 g/mol. The van der Waals surface area contributed by atoms with Gasteiger partial charge in [0.1, 0.15) is 12.1 Å². The van der Waals surface area contributed by atoms with Gasteiger partial charge >= 0.3 is 0 Å². The van der Waals surface area contributed by atoms with Crippen molar-refractivity contribution in [3.63, 3.8) is 0 Å². The molecule has 0 fully saturated rings. The number of unbranched alkanes of at least 4 members (excludes halogenated alkanes) is 1. The zero-order valence-corrected chi connectivity index (χ0v) is 13.6. The molecule has 5 heteroatoms. The van der Waals surface area contributed by atoms with E-state index in [-0.39, 0.29) is 11.4 Å². The Balaban J connectivity index is 0.000000486. The second-order valence-corrected chi connectivity index (χ2v) is 5.85. The van der Waals surface area contributed by atoms with Crippen molar-refractivity contribution in [3.8, 4) is 0 Å². The lowest BCUT2D eigenvalue weighted by molar-refractivity contribution is -0.107. The summed E-state index contributed by atoms with van der Waals surface area (Å²) in [5.41, 5.74) is 1.04. The molecule has 0 aromatic carbocycles. The molecule has 120 valence electrons. The Labute approximate surface area is 127 Å². The minimum Gasteiger partial charge on any atom is -0.320 e. The molecule has 21 heavy (non-hydrogen) atoms. The van der Waals surface area contributed by atoms with Gasteiger partial charge in [-0.2, -0.15) is 0 Å². The first-order chi connectivity index (χ1) is 9.89. The van der Waals surface area contributed by atoms with Crippen LogP contribution in [0, 0.1) is 5.82 Å². The molecule has 0 aliphatic carbocycles. The fourth-order valence-electron chi connectivity index (χ4n) is 1.54. The zero-order valence-electron chi connectivity index (χ0n) is 13.6. The SMILES string of the molecule is CC(C)(C)NCCc1cncc(F)c1.CNCCCC=O. The molecular formula is C16H28FN3O. The van der Waals surface area contributed by atoms with Crippen molar-refractivity contribution in [1.82, 2.24) is 15.6 Å². The van der Waals surface area contributed by atoms with Crippen molar-refractivity contribution >= 4 is 6.29 Å². The number of carbonyl (C=O) groups is 1. The normalized spacial score (nSPS) is 10.7. The van der Waals surface area contributed by atoms with Gasteiger partial charge < -0.3 is 15.4 Å². The highest BCUT2D eigenvalue weighted by Gasteiger charge is 2.07. The van der Waals surface area contributed by atoms with Crippen molar-refractivity contribution in [3.05, 3.63) is 29.8 Å². The second-order valence-electron chi connectivity index (χ2n) is 5.85. The number of pyridine rings is 1. The molecule has 0 spiro atoms. The van der Waals surface area contributed by atoms with Crippen LogP contribution in [0.15, 0.2) is 18.5 Å². The summed E-state index contributed by atoms with van der Waals surface area (Å²) in [6.07, 6.45) is 6.31. The van der Waals surface area contributed by atoms with Gasteiger partial charge in [0.15, 0.2) is 0 Å². The van der Waals surface area contributed by atoms with Crippen LogP contribution in [0.2, 0.25) is 0 Å². The molecule has 0 saturated heterocycles. The smallest absolute Gasteiger partial charge is 0.141 e. The Morgan fingerprint density at radius 1 is 1.29 bits per heavy atom. The Morgan fingerprint density at radius 2 is 2.00 bits per heavy atom. The van der Waals surface area contributed by atoms with Crippen LogP contribution in [0.5, 0.6) is 0 Å². The van der Waals surface area contributed by atoms with E-state index in [0.717, 1.165) is 37.8 Å². The number of halogens is 1. The fourth-order valence-corrected chi connectivity index (χ4v) is 1.54. The molecule has 0 atom stereocenters. The topological polar surface area (TPSA) is 54.0 Å². The van der Waals surface area contributed by atoms with Gasteiger partial charge in [0.2, 0.25) is 0 Å². The van der Waals surface area contributed by atoms with E-state index in [1.807, 2.05) is 7.05 Å². The molecule has 0 amide bonds. The van der Waals surface area contributed by atoms with Crippen molar-refractivity contribution < 1.29 is 9.18 Å². The third-order valence-corrected chi connectivity index (χ3v) is 2.58. The Hall–Kier alpha value is -1.33. The number of rotatable bonds is 7. The van der Waals surface area contributed by atoms with E-state index in [2.05, 4.69) is 36.4 Å². The number of aromatic nitrogens is 1. The minimum absolute atomic E-state index is 0.112. The van der Waals surface area contributed by atoms with E-state index < -0.39 is 0 Å². The molecule has 4 nitrogen and oxygen atoms in total. The summed E-state index contributed by atoms with van der Waals surface area (Å²) >= 11 is 0. The van der Waals surface area contributed by atoms with E-state index in [1.54, 1.807) is 6.20 Å². The first kappa shape index (κ1) is 19.7. The minimum atomic E-state index is -0.266. The van der Waals surface area contributed by atoms with Crippen LogP contribution < -0.4 is 10.6 Å². The number of hydrogen-bond acceptors (Lipinski definition) is 4. The van der Waals surface area contributed by atoms with Gasteiger partial charge in [-0.25, -0.2) is 4.39 Å². The number of hydrogen-bond donors (Lipinski definition) is 2. The second kappa shape index (κ2) is 11.3. The number of aldehydes is 1. The molecule has 0 aliphatic rings. The highest BCUT2D eigenvalue weighted by Crippen LogP contribution is 2.03. The van der Waals surface area contributed by atoms with Crippen LogP contribution in [0.1, 0.15) is 39.2 Å². The van der Waals surface area contributed by atoms with E-state index in [9.17, 15) is 9.18 Å². The average molecular weight is 297 g/mol. The summed E-state index contributed by atoms with van der Waals surface area (Å²) in [7, 11) is 1.88. The summed E-state index contributed by atoms with van der Waals surface area (Å²) in [4.78, 5) is 13.4. The molecule has 2 N–H and O–H groups in total. The third kappa shape index (κ3) is 13.4. The first-order valence-corrected chi connectivity index (χ1v) is 7.31. The number of nitrogens with zero attached hydrogens (tertiary/aromatic N) is 1. The molecule has 0 radical (unpaired) electrons.